The number of aromatic nitrogens is 1. The molecular formula is C22H22N2O2. The number of benzene rings is 2. The Morgan fingerprint density at radius 3 is 2.65 bits per heavy atom. The van der Waals surface area contributed by atoms with Crippen molar-refractivity contribution >= 4 is 16.8 Å². The number of carbonyl (C=O) groups excluding carboxylic acids is 1. The highest BCUT2D eigenvalue weighted by Gasteiger charge is 2.15. The van der Waals surface area contributed by atoms with Crippen LogP contribution in [0.2, 0.25) is 0 Å². The highest BCUT2D eigenvalue weighted by molar-refractivity contribution is 5.84. The Hall–Kier alpha value is -3.19. The van der Waals surface area contributed by atoms with Gasteiger partial charge in [0.2, 0.25) is 5.91 Å². The summed E-state index contributed by atoms with van der Waals surface area (Å²) in [5.74, 6) is 3.39. The highest BCUT2D eigenvalue weighted by Crippen LogP contribution is 2.22. The Kier molecular flexibility index (Phi) is 5.28. The van der Waals surface area contributed by atoms with Crippen LogP contribution in [-0.2, 0) is 17.9 Å². The van der Waals surface area contributed by atoms with E-state index in [4.69, 9.17) is 11.2 Å². The van der Waals surface area contributed by atoms with Crippen molar-refractivity contribution in [1.29, 1.82) is 0 Å². The fourth-order valence-corrected chi connectivity index (χ4v) is 2.95. The lowest BCUT2D eigenvalue weighted by molar-refractivity contribution is -0.131. The second-order valence-corrected chi connectivity index (χ2v) is 6.31. The molecule has 1 aromatic heterocycles. The van der Waals surface area contributed by atoms with Gasteiger partial charge in [0.25, 0.3) is 0 Å². The van der Waals surface area contributed by atoms with Crippen LogP contribution >= 0.6 is 0 Å². The van der Waals surface area contributed by atoms with Crippen molar-refractivity contribution in [2.45, 2.75) is 20.0 Å². The van der Waals surface area contributed by atoms with Crippen molar-refractivity contribution in [1.82, 2.24) is 9.47 Å². The summed E-state index contributed by atoms with van der Waals surface area (Å²) in [6.45, 7) is 3.10. The third-order valence-corrected chi connectivity index (χ3v) is 4.41. The summed E-state index contributed by atoms with van der Waals surface area (Å²) in [5.41, 5.74) is 3.26. The number of hydrogen-bond acceptors (Lipinski definition) is 2. The largest absolute Gasteiger partial charge is 0.497 e. The van der Waals surface area contributed by atoms with E-state index in [1.165, 1.54) is 5.56 Å². The smallest absolute Gasteiger partial charge is 0.243 e. The van der Waals surface area contributed by atoms with Crippen molar-refractivity contribution in [3.63, 3.8) is 0 Å². The second kappa shape index (κ2) is 7.79. The molecule has 0 aliphatic heterocycles. The fourth-order valence-electron chi connectivity index (χ4n) is 2.95. The molecular weight excluding hydrogens is 324 g/mol. The van der Waals surface area contributed by atoms with E-state index in [0.717, 1.165) is 22.2 Å². The maximum atomic E-state index is 12.8. The van der Waals surface area contributed by atoms with Gasteiger partial charge in [-0.25, -0.2) is 0 Å². The van der Waals surface area contributed by atoms with Crippen LogP contribution in [0.15, 0.2) is 54.7 Å². The van der Waals surface area contributed by atoms with Crippen molar-refractivity contribution < 1.29 is 9.53 Å². The summed E-state index contributed by atoms with van der Waals surface area (Å²) in [4.78, 5) is 14.5. The number of carbonyl (C=O) groups is 1. The Bertz CT molecular complexity index is 948. The number of ether oxygens (including phenoxy) is 1. The molecule has 0 spiro atoms. The van der Waals surface area contributed by atoms with E-state index in [1.54, 1.807) is 12.0 Å². The molecule has 0 radical (unpaired) electrons. The van der Waals surface area contributed by atoms with Crippen LogP contribution in [0.4, 0.5) is 0 Å². The van der Waals surface area contributed by atoms with Gasteiger partial charge in [-0.2, -0.15) is 0 Å². The molecule has 132 valence electrons. The van der Waals surface area contributed by atoms with E-state index < -0.39 is 0 Å². The molecule has 0 saturated heterocycles. The van der Waals surface area contributed by atoms with Gasteiger partial charge in [-0.1, -0.05) is 35.7 Å². The fraction of sp³-hybridized carbons (Fsp3) is 0.227. The van der Waals surface area contributed by atoms with Gasteiger partial charge in [0, 0.05) is 23.6 Å². The minimum absolute atomic E-state index is 0.00292. The minimum atomic E-state index is -0.00292. The minimum Gasteiger partial charge on any atom is -0.497 e. The Morgan fingerprint density at radius 1 is 1.19 bits per heavy atom. The van der Waals surface area contributed by atoms with Crippen LogP contribution in [0.3, 0.4) is 0 Å². The molecule has 0 bridgehead atoms. The van der Waals surface area contributed by atoms with Crippen molar-refractivity contribution in [2.75, 3.05) is 13.7 Å². The normalized spacial score (nSPS) is 10.5. The lowest BCUT2D eigenvalue weighted by atomic mass is 10.1. The summed E-state index contributed by atoms with van der Waals surface area (Å²) in [6, 6.07) is 16.0. The maximum Gasteiger partial charge on any atom is 0.243 e. The van der Waals surface area contributed by atoms with Gasteiger partial charge in [0.1, 0.15) is 12.3 Å². The van der Waals surface area contributed by atoms with Gasteiger partial charge in [0.15, 0.2) is 0 Å². The van der Waals surface area contributed by atoms with Crippen molar-refractivity contribution in [2.24, 2.45) is 0 Å². The SMILES string of the molecule is C#CCN(Cc1ccc(C)cc1)C(=O)Cn1ccc2cc(OC)ccc21. The summed E-state index contributed by atoms with van der Waals surface area (Å²) < 4.78 is 7.19. The molecule has 4 nitrogen and oxygen atoms in total. The van der Waals surface area contributed by atoms with Crippen LogP contribution in [0.25, 0.3) is 10.9 Å². The van der Waals surface area contributed by atoms with Crippen LogP contribution in [0.5, 0.6) is 5.75 Å². The summed E-state index contributed by atoms with van der Waals surface area (Å²) in [5, 5.41) is 1.04. The Morgan fingerprint density at radius 2 is 1.96 bits per heavy atom. The first-order valence-electron chi connectivity index (χ1n) is 8.50. The van der Waals surface area contributed by atoms with E-state index in [9.17, 15) is 4.79 Å². The van der Waals surface area contributed by atoms with E-state index in [1.807, 2.05) is 66.2 Å². The maximum absolute atomic E-state index is 12.8. The standard InChI is InChI=1S/C22H22N2O2/c1-4-12-24(15-18-7-5-17(2)6-8-18)22(25)16-23-13-11-19-14-20(26-3)9-10-21(19)23/h1,5-11,13-14H,12,15-16H2,2-3H3. The first-order chi connectivity index (χ1) is 12.6. The van der Waals surface area contributed by atoms with Gasteiger partial charge < -0.3 is 14.2 Å². The van der Waals surface area contributed by atoms with Crippen LogP contribution in [0, 0.1) is 19.3 Å². The van der Waals surface area contributed by atoms with Crippen LogP contribution < -0.4 is 4.74 Å². The third-order valence-electron chi connectivity index (χ3n) is 4.41. The van der Waals surface area contributed by atoms with Gasteiger partial charge in [0.05, 0.1) is 13.7 Å². The lowest BCUT2D eigenvalue weighted by Gasteiger charge is -2.21. The monoisotopic (exact) mass is 346 g/mol. The van der Waals surface area contributed by atoms with Crippen LogP contribution in [0.1, 0.15) is 11.1 Å². The molecule has 26 heavy (non-hydrogen) atoms. The highest BCUT2D eigenvalue weighted by atomic mass is 16.5. The molecule has 0 aliphatic rings. The molecule has 0 fully saturated rings. The van der Waals surface area contributed by atoms with Gasteiger partial charge in [-0.15, -0.1) is 6.42 Å². The Labute approximate surface area is 154 Å². The molecule has 0 N–H and O–H groups in total. The van der Waals surface area contributed by atoms with E-state index in [-0.39, 0.29) is 12.5 Å². The first kappa shape index (κ1) is 17.6. The molecule has 0 saturated carbocycles. The topological polar surface area (TPSA) is 34.5 Å². The quantitative estimate of drug-likeness (QED) is 0.639. The third kappa shape index (κ3) is 3.89. The molecule has 3 aromatic rings. The van der Waals surface area contributed by atoms with Crippen molar-refractivity contribution in [3.8, 4) is 18.1 Å². The van der Waals surface area contributed by atoms with Crippen molar-refractivity contribution in [3.05, 3.63) is 65.9 Å². The van der Waals surface area contributed by atoms with Gasteiger partial charge in [-0.3, -0.25) is 4.79 Å². The van der Waals surface area contributed by atoms with Gasteiger partial charge in [-0.05, 0) is 36.8 Å². The number of fused-ring (bicyclic) bond motifs is 1. The number of amides is 1. The number of nitrogens with zero attached hydrogens (tertiary/aromatic N) is 2. The molecule has 0 atom stereocenters. The molecule has 1 amide bonds. The molecule has 3 rings (SSSR count). The average molecular weight is 346 g/mol. The number of terminal acetylenes is 1. The predicted molar refractivity (Wildman–Crippen MR) is 104 cm³/mol. The zero-order chi connectivity index (χ0) is 18.5. The van der Waals surface area contributed by atoms with E-state index in [2.05, 4.69) is 5.92 Å². The van der Waals surface area contributed by atoms with E-state index >= 15 is 0 Å². The number of hydrogen-bond donors (Lipinski definition) is 0. The van der Waals surface area contributed by atoms with Gasteiger partial charge >= 0.3 is 0 Å². The zero-order valence-electron chi connectivity index (χ0n) is 15.1. The van der Waals surface area contributed by atoms with Crippen LogP contribution in [-0.4, -0.2) is 29.0 Å². The summed E-state index contributed by atoms with van der Waals surface area (Å²) in [6.07, 6.45) is 7.39. The number of methoxy groups -OCH3 is 1. The first-order valence-corrected chi connectivity index (χ1v) is 8.50. The predicted octanol–water partition coefficient (Wildman–Crippen LogP) is 3.62. The Balaban J connectivity index is 1.77. The second-order valence-electron chi connectivity index (χ2n) is 6.31. The lowest BCUT2D eigenvalue weighted by Crippen LogP contribution is -2.33. The molecule has 1 heterocycles. The molecule has 4 heteroatoms. The summed E-state index contributed by atoms with van der Waals surface area (Å²) in [7, 11) is 1.64. The average Bonchev–Trinajstić information content (AvgIpc) is 3.05. The molecule has 2 aromatic carbocycles. The number of rotatable bonds is 6. The van der Waals surface area contributed by atoms with E-state index in [0.29, 0.717) is 13.1 Å². The summed E-state index contributed by atoms with van der Waals surface area (Å²) >= 11 is 0. The molecule has 0 aliphatic carbocycles. The zero-order valence-corrected chi connectivity index (χ0v) is 15.1. The molecule has 0 unspecified atom stereocenters. The number of aryl methyl sites for hydroxylation is 1.